The van der Waals surface area contributed by atoms with Crippen molar-refractivity contribution in [3.05, 3.63) is 28.6 Å². The monoisotopic (exact) mass is 241 g/mol. The maximum Gasteiger partial charge on any atom is 0.155 e. The molecular formula is C9H12BrN3. The van der Waals surface area contributed by atoms with Crippen molar-refractivity contribution in [3.63, 3.8) is 0 Å². The summed E-state index contributed by atoms with van der Waals surface area (Å²) in [7, 11) is 0. The zero-order chi connectivity index (χ0) is 9.84. The van der Waals surface area contributed by atoms with Gasteiger partial charge >= 0.3 is 0 Å². The topological polar surface area (TPSA) is 30.2 Å². The largest absolute Gasteiger partial charge is 0.236 e. The van der Waals surface area contributed by atoms with Crippen molar-refractivity contribution in [3.8, 4) is 0 Å². The average Bonchev–Trinajstić information content (AvgIpc) is 2.48. The highest BCUT2D eigenvalue weighted by atomic mass is 79.9. The molecule has 2 heterocycles. The molecule has 0 spiro atoms. The van der Waals surface area contributed by atoms with E-state index < -0.39 is 0 Å². The van der Waals surface area contributed by atoms with Gasteiger partial charge in [-0.3, -0.25) is 0 Å². The van der Waals surface area contributed by atoms with Crippen LogP contribution in [0.1, 0.15) is 19.5 Å². The zero-order valence-corrected chi connectivity index (χ0v) is 9.54. The lowest BCUT2D eigenvalue weighted by Gasteiger charge is -1.90. The SMILES string of the molecule is CC.Cc1cc2ncc(Br)cn2n1. The zero-order valence-electron chi connectivity index (χ0n) is 7.95. The highest BCUT2D eigenvalue weighted by molar-refractivity contribution is 9.10. The van der Waals surface area contributed by atoms with E-state index in [0.29, 0.717) is 0 Å². The molecule has 0 aliphatic rings. The van der Waals surface area contributed by atoms with E-state index in [2.05, 4.69) is 26.0 Å². The number of aryl methyl sites for hydroxylation is 1. The number of rotatable bonds is 0. The van der Waals surface area contributed by atoms with E-state index >= 15 is 0 Å². The van der Waals surface area contributed by atoms with Crippen LogP contribution < -0.4 is 0 Å². The number of fused-ring (bicyclic) bond motifs is 1. The molecule has 70 valence electrons. The van der Waals surface area contributed by atoms with Crippen LogP contribution >= 0.6 is 15.9 Å². The fraction of sp³-hybridized carbons (Fsp3) is 0.333. The second kappa shape index (κ2) is 4.37. The molecule has 0 unspecified atom stereocenters. The van der Waals surface area contributed by atoms with Crippen molar-refractivity contribution in [2.75, 3.05) is 0 Å². The van der Waals surface area contributed by atoms with Gasteiger partial charge in [-0.25, -0.2) is 9.50 Å². The fourth-order valence-electron chi connectivity index (χ4n) is 0.972. The quantitative estimate of drug-likeness (QED) is 0.711. The molecule has 0 N–H and O–H groups in total. The molecule has 0 aromatic carbocycles. The van der Waals surface area contributed by atoms with Crippen LogP contribution in [0.5, 0.6) is 0 Å². The highest BCUT2D eigenvalue weighted by Crippen LogP contribution is 2.09. The lowest BCUT2D eigenvalue weighted by molar-refractivity contribution is 0.912. The molecular weight excluding hydrogens is 230 g/mol. The summed E-state index contributed by atoms with van der Waals surface area (Å²) in [5.74, 6) is 0. The third kappa shape index (κ3) is 2.28. The van der Waals surface area contributed by atoms with E-state index in [4.69, 9.17) is 0 Å². The van der Waals surface area contributed by atoms with Crippen LogP contribution in [0.15, 0.2) is 22.9 Å². The van der Waals surface area contributed by atoms with Crippen molar-refractivity contribution < 1.29 is 0 Å². The second-order valence-corrected chi connectivity index (χ2v) is 3.28. The van der Waals surface area contributed by atoms with Crippen LogP contribution in [0.2, 0.25) is 0 Å². The molecule has 2 aromatic rings. The van der Waals surface area contributed by atoms with E-state index in [9.17, 15) is 0 Å². The maximum atomic E-state index is 4.20. The number of hydrogen-bond donors (Lipinski definition) is 0. The lowest BCUT2D eigenvalue weighted by Crippen LogP contribution is -1.88. The molecule has 0 amide bonds. The van der Waals surface area contributed by atoms with Crippen molar-refractivity contribution >= 4 is 21.6 Å². The molecule has 0 aliphatic heterocycles. The van der Waals surface area contributed by atoms with Gasteiger partial charge in [-0.15, -0.1) is 0 Å². The van der Waals surface area contributed by atoms with Gasteiger partial charge in [-0.2, -0.15) is 5.10 Å². The summed E-state index contributed by atoms with van der Waals surface area (Å²) in [5, 5.41) is 4.20. The van der Waals surface area contributed by atoms with Gasteiger partial charge < -0.3 is 0 Å². The van der Waals surface area contributed by atoms with Gasteiger partial charge in [0.2, 0.25) is 0 Å². The third-order valence-corrected chi connectivity index (χ3v) is 1.81. The van der Waals surface area contributed by atoms with E-state index in [1.54, 1.807) is 10.7 Å². The Balaban J connectivity index is 0.000000396. The molecule has 0 atom stereocenters. The Bertz CT molecular complexity index is 395. The molecule has 13 heavy (non-hydrogen) atoms. The van der Waals surface area contributed by atoms with Crippen molar-refractivity contribution in [1.82, 2.24) is 14.6 Å². The summed E-state index contributed by atoms with van der Waals surface area (Å²) in [5.41, 5.74) is 1.86. The van der Waals surface area contributed by atoms with E-state index in [1.807, 2.05) is 33.0 Å². The van der Waals surface area contributed by atoms with E-state index in [1.165, 1.54) is 0 Å². The van der Waals surface area contributed by atoms with Gasteiger partial charge in [0.15, 0.2) is 5.65 Å². The van der Waals surface area contributed by atoms with Crippen molar-refractivity contribution in [1.29, 1.82) is 0 Å². The molecule has 2 aromatic heterocycles. The van der Waals surface area contributed by atoms with Crippen LogP contribution in [-0.4, -0.2) is 14.6 Å². The van der Waals surface area contributed by atoms with Gasteiger partial charge in [0.05, 0.1) is 10.2 Å². The molecule has 0 aliphatic carbocycles. The second-order valence-electron chi connectivity index (χ2n) is 2.36. The molecule has 0 bridgehead atoms. The van der Waals surface area contributed by atoms with Gasteiger partial charge in [0, 0.05) is 18.5 Å². The number of halogens is 1. The first kappa shape index (κ1) is 10.2. The number of hydrogen-bond acceptors (Lipinski definition) is 2. The maximum absolute atomic E-state index is 4.20. The lowest BCUT2D eigenvalue weighted by atomic mass is 10.5. The first-order valence-electron chi connectivity index (χ1n) is 4.23. The number of aromatic nitrogens is 3. The van der Waals surface area contributed by atoms with Gasteiger partial charge in [0.25, 0.3) is 0 Å². The average molecular weight is 242 g/mol. The highest BCUT2D eigenvalue weighted by Gasteiger charge is 1.97. The Morgan fingerprint density at radius 3 is 2.77 bits per heavy atom. The molecule has 0 fully saturated rings. The summed E-state index contributed by atoms with van der Waals surface area (Å²) in [4.78, 5) is 4.16. The van der Waals surface area contributed by atoms with Crippen LogP contribution in [0.3, 0.4) is 0 Å². The summed E-state index contributed by atoms with van der Waals surface area (Å²) >= 11 is 3.32. The molecule has 4 heteroatoms. The Kier molecular flexibility index (Phi) is 3.42. The molecule has 0 radical (unpaired) electrons. The predicted molar refractivity (Wildman–Crippen MR) is 56.8 cm³/mol. The molecule has 0 saturated carbocycles. The van der Waals surface area contributed by atoms with E-state index in [0.717, 1.165) is 15.8 Å². The normalized spacial score (nSPS) is 9.54. The third-order valence-electron chi connectivity index (χ3n) is 1.40. The van der Waals surface area contributed by atoms with Crippen LogP contribution in [0.4, 0.5) is 0 Å². The van der Waals surface area contributed by atoms with Crippen molar-refractivity contribution in [2.45, 2.75) is 20.8 Å². The Labute approximate surface area is 85.9 Å². The molecule has 2 rings (SSSR count). The smallest absolute Gasteiger partial charge is 0.155 e. The minimum atomic E-state index is 0.880. The summed E-state index contributed by atoms with van der Waals surface area (Å²) in [6.07, 6.45) is 3.64. The predicted octanol–water partition coefficient (Wildman–Crippen LogP) is 2.83. The van der Waals surface area contributed by atoms with Gasteiger partial charge in [-0.1, -0.05) is 13.8 Å². The van der Waals surface area contributed by atoms with Crippen LogP contribution in [0, 0.1) is 6.92 Å². The number of nitrogens with zero attached hydrogens (tertiary/aromatic N) is 3. The minimum Gasteiger partial charge on any atom is -0.236 e. The fourth-order valence-corrected chi connectivity index (χ4v) is 1.27. The van der Waals surface area contributed by atoms with Crippen LogP contribution in [-0.2, 0) is 0 Å². The summed E-state index contributed by atoms with van der Waals surface area (Å²) in [6.45, 7) is 5.95. The molecule has 3 nitrogen and oxygen atoms in total. The van der Waals surface area contributed by atoms with Gasteiger partial charge in [0.1, 0.15) is 0 Å². The molecule has 0 saturated heterocycles. The Hall–Kier alpha value is -0.900. The first-order valence-corrected chi connectivity index (χ1v) is 5.02. The van der Waals surface area contributed by atoms with E-state index in [-0.39, 0.29) is 0 Å². The standard InChI is InChI=1S/C7H6BrN3.C2H6/c1-5-2-7-9-3-6(8)4-11(7)10-5;1-2/h2-4H,1H3;1-2H3. The summed E-state index contributed by atoms with van der Waals surface area (Å²) in [6, 6.07) is 1.94. The Morgan fingerprint density at radius 2 is 2.08 bits per heavy atom. The van der Waals surface area contributed by atoms with Crippen molar-refractivity contribution in [2.24, 2.45) is 0 Å². The van der Waals surface area contributed by atoms with Gasteiger partial charge in [-0.05, 0) is 22.9 Å². The minimum absolute atomic E-state index is 0.880. The van der Waals surface area contributed by atoms with Crippen LogP contribution in [0.25, 0.3) is 5.65 Å². The summed E-state index contributed by atoms with van der Waals surface area (Å²) < 4.78 is 2.69. The first-order chi connectivity index (χ1) is 6.25. The Morgan fingerprint density at radius 1 is 1.38 bits per heavy atom.